The highest BCUT2D eigenvalue weighted by atomic mass is 32.1. The number of carbonyl (C=O) groups is 1. The quantitative estimate of drug-likeness (QED) is 0.327. The number of aliphatic imine (C=N–C) groups is 2. The lowest BCUT2D eigenvalue weighted by molar-refractivity contribution is 0.219. The maximum Gasteiger partial charge on any atom is 0.370 e. The van der Waals surface area contributed by atoms with Crippen LogP contribution in [-0.4, -0.2) is 29.8 Å². The lowest BCUT2D eigenvalue weighted by Crippen LogP contribution is -2.38. The summed E-state index contributed by atoms with van der Waals surface area (Å²) >= 11 is 3.48. The van der Waals surface area contributed by atoms with Crippen LogP contribution in [0.5, 0.6) is 0 Å². The summed E-state index contributed by atoms with van der Waals surface area (Å²) in [6, 6.07) is 0. The van der Waals surface area contributed by atoms with Crippen LogP contribution in [0.1, 0.15) is 27.7 Å². The van der Waals surface area contributed by atoms with Gasteiger partial charge in [-0.25, -0.2) is 9.79 Å². The van der Waals surface area contributed by atoms with Gasteiger partial charge in [0.25, 0.3) is 0 Å². The summed E-state index contributed by atoms with van der Waals surface area (Å²) in [7, 11) is 0. The van der Waals surface area contributed by atoms with Crippen LogP contribution < -0.4 is 0 Å². The van der Waals surface area contributed by atoms with E-state index in [-0.39, 0.29) is 11.3 Å². The number of nitrogens with zero attached hydrogens (tertiary/aromatic N) is 2. The minimum absolute atomic E-state index is 0.125. The van der Waals surface area contributed by atoms with Crippen molar-refractivity contribution in [2.24, 2.45) is 20.8 Å². The molecule has 0 amide bonds. The highest BCUT2D eigenvalue weighted by Crippen LogP contribution is 2.25. The lowest BCUT2D eigenvalue weighted by atomic mass is 9.88. The molecule has 0 aromatic heterocycles. The van der Waals surface area contributed by atoms with Gasteiger partial charge in [0, 0.05) is 11.6 Å². The van der Waals surface area contributed by atoms with Crippen LogP contribution >= 0.6 is 12.6 Å². The molecule has 1 N–H and O–H groups in total. The Kier molecular flexibility index (Phi) is 3.76. The van der Waals surface area contributed by atoms with Crippen LogP contribution in [0.3, 0.4) is 0 Å². The Morgan fingerprint density at radius 2 is 2.18 bits per heavy atom. The number of hydrogen-bond acceptors (Lipinski definition) is 5. The fourth-order valence-corrected chi connectivity index (χ4v) is 1.38. The highest BCUT2D eigenvalue weighted by molar-refractivity contribution is 7.96. The van der Waals surface area contributed by atoms with Crippen LogP contribution in [0.25, 0.3) is 0 Å². The van der Waals surface area contributed by atoms with Crippen molar-refractivity contribution in [1.29, 1.82) is 5.41 Å². The summed E-state index contributed by atoms with van der Waals surface area (Å²) in [5, 5.41) is 6.88. The smallest absolute Gasteiger partial charge is 0.370 e. The Morgan fingerprint density at radius 3 is 2.53 bits per heavy atom. The van der Waals surface area contributed by atoms with E-state index < -0.39 is 10.7 Å². The summed E-state index contributed by atoms with van der Waals surface area (Å²) in [6.45, 7) is 8.15. The molecule has 0 aromatic carbocycles. The van der Waals surface area contributed by atoms with Crippen LogP contribution in [0, 0.1) is 16.2 Å². The molecule has 0 aromatic rings. The third kappa shape index (κ3) is 3.39. The molecule has 1 heterocycles. The van der Waals surface area contributed by atoms with Crippen molar-refractivity contribution >= 4 is 35.9 Å². The van der Waals surface area contributed by atoms with Gasteiger partial charge in [0.2, 0.25) is 5.90 Å². The molecule has 5 nitrogen and oxygen atoms in total. The average Bonchev–Trinajstić information content (AvgIpc) is 2.15. The minimum atomic E-state index is -0.796. The standard InChI is InChI=1S/C11H17N3O2S/c1-10(2,3)8-13-5-11(4,6-14-8)7(12)16-9(15)17/h5,12H,6H2,1-4H3,(H,15,17). The molecule has 0 radical (unpaired) electrons. The molecule has 17 heavy (non-hydrogen) atoms. The summed E-state index contributed by atoms with van der Waals surface area (Å²) in [6.07, 6.45) is 1.61. The van der Waals surface area contributed by atoms with E-state index in [1.54, 1.807) is 13.1 Å². The summed E-state index contributed by atoms with van der Waals surface area (Å²) in [4.78, 5) is 19.3. The Balaban J connectivity index is 2.81. The van der Waals surface area contributed by atoms with Gasteiger partial charge < -0.3 is 4.74 Å². The second-order valence-electron chi connectivity index (χ2n) is 5.26. The normalized spacial score (nSPS) is 24.2. The van der Waals surface area contributed by atoms with Crippen LogP contribution in [0.4, 0.5) is 4.79 Å². The van der Waals surface area contributed by atoms with Crippen molar-refractivity contribution in [2.75, 3.05) is 6.54 Å². The first-order valence-electron chi connectivity index (χ1n) is 5.25. The zero-order chi connectivity index (χ0) is 13.3. The molecule has 0 bridgehead atoms. The van der Waals surface area contributed by atoms with Crippen molar-refractivity contribution in [1.82, 2.24) is 0 Å². The number of nitrogens with one attached hydrogen (secondary N) is 1. The fourth-order valence-electron chi connectivity index (χ4n) is 1.29. The minimum Gasteiger partial charge on any atom is -0.403 e. The Hall–Kier alpha value is -1.17. The third-order valence-corrected chi connectivity index (χ3v) is 2.50. The van der Waals surface area contributed by atoms with E-state index in [2.05, 4.69) is 27.4 Å². The number of thiol groups is 1. The molecular formula is C11H17N3O2S. The highest BCUT2D eigenvalue weighted by Gasteiger charge is 2.34. The third-order valence-electron chi connectivity index (χ3n) is 2.41. The molecule has 1 aliphatic rings. The van der Waals surface area contributed by atoms with E-state index in [1.807, 2.05) is 20.8 Å². The molecule has 1 rings (SSSR count). The number of hydrogen-bond donors (Lipinski definition) is 2. The van der Waals surface area contributed by atoms with Gasteiger partial charge in [0.15, 0.2) is 0 Å². The van der Waals surface area contributed by atoms with Gasteiger partial charge in [-0.15, -0.1) is 0 Å². The number of rotatable bonds is 1. The molecule has 0 saturated carbocycles. The first kappa shape index (κ1) is 13.9. The van der Waals surface area contributed by atoms with E-state index in [0.717, 1.165) is 5.84 Å². The predicted molar refractivity (Wildman–Crippen MR) is 71.5 cm³/mol. The zero-order valence-electron chi connectivity index (χ0n) is 10.4. The Labute approximate surface area is 106 Å². The van der Waals surface area contributed by atoms with E-state index in [1.165, 1.54) is 0 Å². The van der Waals surface area contributed by atoms with Gasteiger partial charge >= 0.3 is 5.30 Å². The maximum absolute atomic E-state index is 10.7. The van der Waals surface area contributed by atoms with Gasteiger partial charge in [-0.05, 0) is 6.92 Å². The SMILES string of the molecule is CC(C)(C)C1=NCC(C)(C(=N)OC(=O)S)C=N1. The molecule has 1 unspecified atom stereocenters. The van der Waals surface area contributed by atoms with E-state index in [0.29, 0.717) is 6.54 Å². The first-order valence-corrected chi connectivity index (χ1v) is 5.70. The molecule has 1 aliphatic heterocycles. The van der Waals surface area contributed by atoms with Crippen molar-refractivity contribution in [3.05, 3.63) is 0 Å². The Morgan fingerprint density at radius 1 is 1.59 bits per heavy atom. The average molecular weight is 255 g/mol. The predicted octanol–water partition coefficient (Wildman–Crippen LogP) is 2.57. The molecule has 0 spiro atoms. The van der Waals surface area contributed by atoms with Gasteiger partial charge in [-0.3, -0.25) is 10.4 Å². The van der Waals surface area contributed by atoms with Crippen molar-refractivity contribution < 1.29 is 9.53 Å². The van der Waals surface area contributed by atoms with Crippen molar-refractivity contribution in [2.45, 2.75) is 27.7 Å². The monoisotopic (exact) mass is 255 g/mol. The number of amidine groups is 1. The van der Waals surface area contributed by atoms with Gasteiger partial charge in [-0.2, -0.15) is 0 Å². The number of ether oxygens (including phenoxy) is 1. The van der Waals surface area contributed by atoms with Gasteiger partial charge in [-0.1, -0.05) is 33.4 Å². The Bertz CT molecular complexity index is 409. The molecular weight excluding hydrogens is 238 g/mol. The van der Waals surface area contributed by atoms with Crippen LogP contribution in [0.15, 0.2) is 9.98 Å². The van der Waals surface area contributed by atoms with E-state index in [4.69, 9.17) is 5.41 Å². The lowest BCUT2D eigenvalue weighted by Gasteiger charge is -2.28. The van der Waals surface area contributed by atoms with Gasteiger partial charge in [0.1, 0.15) is 5.84 Å². The fraction of sp³-hybridized carbons (Fsp3) is 0.636. The second-order valence-corrected chi connectivity index (χ2v) is 5.63. The summed E-state index contributed by atoms with van der Waals surface area (Å²) in [5.74, 6) is 0.554. The molecule has 0 fully saturated rings. The van der Waals surface area contributed by atoms with Crippen LogP contribution in [-0.2, 0) is 4.74 Å². The van der Waals surface area contributed by atoms with Crippen molar-refractivity contribution in [3.63, 3.8) is 0 Å². The number of carbonyl (C=O) groups excluding carboxylic acids is 1. The second kappa shape index (κ2) is 4.60. The summed E-state index contributed by atoms with van der Waals surface area (Å²) < 4.78 is 4.66. The zero-order valence-corrected chi connectivity index (χ0v) is 11.3. The summed E-state index contributed by atoms with van der Waals surface area (Å²) in [5.41, 5.74) is -0.895. The largest absolute Gasteiger partial charge is 0.403 e. The maximum atomic E-state index is 10.7. The molecule has 0 aliphatic carbocycles. The topological polar surface area (TPSA) is 74.9 Å². The molecule has 1 atom stereocenters. The molecule has 0 saturated heterocycles. The first-order chi connectivity index (χ1) is 7.65. The van der Waals surface area contributed by atoms with Gasteiger partial charge in [0.05, 0.1) is 12.0 Å². The van der Waals surface area contributed by atoms with Crippen LogP contribution in [0.2, 0.25) is 0 Å². The van der Waals surface area contributed by atoms with Crippen molar-refractivity contribution in [3.8, 4) is 0 Å². The molecule has 94 valence electrons. The molecule has 6 heteroatoms. The van der Waals surface area contributed by atoms with E-state index >= 15 is 0 Å². The van der Waals surface area contributed by atoms with E-state index in [9.17, 15) is 4.79 Å².